The highest BCUT2D eigenvalue weighted by molar-refractivity contribution is 7.47. The molecule has 5 atom stereocenters. The average Bonchev–Trinajstić information content (AvgIpc) is 0.917. The minimum atomic E-state index is -4.93. The van der Waals surface area contributed by atoms with Crippen molar-refractivity contribution < 1.29 is 75.8 Å². The summed E-state index contributed by atoms with van der Waals surface area (Å²) in [4.78, 5) is 58.6. The molecule has 0 aliphatic carbocycles. The Morgan fingerprint density at radius 3 is 0.845 bits per heavy atom. The van der Waals surface area contributed by atoms with E-state index in [-0.39, 0.29) is 19.3 Å². The summed E-state index contributed by atoms with van der Waals surface area (Å²) < 4.78 is 61.2. The van der Waals surface area contributed by atoms with Crippen molar-refractivity contribution >= 4 is 33.6 Å². The molecule has 0 aliphatic heterocycles. The van der Waals surface area contributed by atoms with Gasteiger partial charge in [-0.3, -0.25) is 32.5 Å². The van der Waals surface area contributed by atoms with Gasteiger partial charge in [0.05, 0.1) is 26.4 Å². The number of phosphoric acid groups is 2. The number of unbranched alkanes of at least 4 members (excludes halogenated alkanes) is 37. The third kappa shape index (κ3) is 79.1. The van der Waals surface area contributed by atoms with Crippen LogP contribution in [0.3, 0.4) is 0 Å². The van der Waals surface area contributed by atoms with E-state index in [1.165, 1.54) is 180 Å². The highest BCUT2D eigenvalue weighted by Gasteiger charge is 2.29. The Kier molecular flexibility index (Phi) is 74.9. The second-order valence-electron chi connectivity index (χ2n) is 27.6. The second kappa shape index (κ2) is 77.8. The number of ether oxygens (including phenoxy) is 3. The summed E-state index contributed by atoms with van der Waals surface area (Å²) in [5.74, 6) is -1.60. The monoisotopic (exact) mass is 1490 g/mol. The van der Waals surface area contributed by atoms with Crippen molar-refractivity contribution in [2.75, 3.05) is 39.6 Å². The molecule has 0 amide bonds. The first-order valence-electron chi connectivity index (χ1n) is 41.2. The van der Waals surface area contributed by atoms with Crippen molar-refractivity contribution in [2.24, 2.45) is 0 Å². The van der Waals surface area contributed by atoms with Crippen molar-refractivity contribution in [3.8, 4) is 0 Å². The molecule has 0 fully saturated rings. The normalized spacial score (nSPS) is 14.5. The fourth-order valence-corrected chi connectivity index (χ4v) is 12.8. The minimum Gasteiger partial charge on any atom is -0.463 e. The van der Waals surface area contributed by atoms with E-state index in [1.54, 1.807) is 0 Å². The minimum absolute atomic E-state index is 0.0998. The van der Waals surface area contributed by atoms with Gasteiger partial charge in [0.25, 0.3) is 0 Å². The maximum atomic E-state index is 13.0. The summed E-state index contributed by atoms with van der Waals surface area (Å²) in [5, 5.41) is 20.7. The van der Waals surface area contributed by atoms with Crippen molar-refractivity contribution in [3.05, 3.63) is 109 Å². The number of esters is 3. The van der Waals surface area contributed by atoms with Crippen molar-refractivity contribution in [1.29, 1.82) is 0 Å². The van der Waals surface area contributed by atoms with Gasteiger partial charge in [-0.1, -0.05) is 336 Å². The van der Waals surface area contributed by atoms with Crippen LogP contribution in [0.2, 0.25) is 0 Å². The topological polar surface area (TPSA) is 231 Å². The molecule has 0 saturated carbocycles. The Hall–Kier alpha value is -3.79. The summed E-state index contributed by atoms with van der Waals surface area (Å²) in [7, 11) is -9.79. The molecular formula is C85H150O16P2. The number of hydrogen-bond donors (Lipinski definition) is 4. The first-order chi connectivity index (χ1) is 50.2. The molecule has 0 aromatic carbocycles. The Labute approximate surface area is 628 Å². The van der Waals surface area contributed by atoms with E-state index in [4.69, 9.17) is 32.3 Å². The Morgan fingerprint density at radius 1 is 0.282 bits per heavy atom. The van der Waals surface area contributed by atoms with Gasteiger partial charge in [0.1, 0.15) is 25.4 Å². The van der Waals surface area contributed by atoms with Crippen molar-refractivity contribution in [3.63, 3.8) is 0 Å². The molecule has 0 radical (unpaired) electrons. The zero-order chi connectivity index (χ0) is 75.2. The lowest BCUT2D eigenvalue weighted by Crippen LogP contribution is -2.30. The van der Waals surface area contributed by atoms with Crippen LogP contribution in [-0.4, -0.2) is 95.9 Å². The molecule has 0 bridgehead atoms. The van der Waals surface area contributed by atoms with E-state index < -0.39 is 91.5 Å². The maximum Gasteiger partial charge on any atom is 0.472 e. The molecule has 103 heavy (non-hydrogen) atoms. The molecule has 0 aromatic heterocycles. The zero-order valence-corrected chi connectivity index (χ0v) is 67.0. The lowest BCUT2D eigenvalue weighted by atomic mass is 10.0. The van der Waals surface area contributed by atoms with Gasteiger partial charge in [-0.25, -0.2) is 9.13 Å². The van der Waals surface area contributed by atoms with Gasteiger partial charge in [-0.15, -0.1) is 0 Å². The molecule has 0 aromatic rings. The molecule has 4 N–H and O–H groups in total. The summed E-state index contributed by atoms with van der Waals surface area (Å²) in [6.07, 6.45) is 91.5. The lowest BCUT2D eigenvalue weighted by Gasteiger charge is -2.21. The van der Waals surface area contributed by atoms with Crippen LogP contribution in [0.1, 0.15) is 355 Å². The number of phosphoric ester groups is 2. The van der Waals surface area contributed by atoms with Crippen molar-refractivity contribution in [2.45, 2.75) is 373 Å². The molecule has 0 heterocycles. The average molecular weight is 1490 g/mol. The molecule has 18 heteroatoms. The van der Waals surface area contributed by atoms with Gasteiger partial charge in [0, 0.05) is 19.3 Å². The van der Waals surface area contributed by atoms with Gasteiger partial charge < -0.3 is 34.2 Å². The van der Waals surface area contributed by atoms with E-state index >= 15 is 0 Å². The summed E-state index contributed by atoms with van der Waals surface area (Å²) in [6, 6.07) is 0. The first-order valence-corrected chi connectivity index (χ1v) is 44.2. The second-order valence-corrected chi connectivity index (χ2v) is 30.5. The zero-order valence-electron chi connectivity index (χ0n) is 65.2. The quantitative estimate of drug-likeness (QED) is 0.0146. The number of carbonyl (C=O) groups is 3. The third-order valence-electron chi connectivity index (χ3n) is 17.5. The van der Waals surface area contributed by atoms with E-state index in [9.17, 15) is 43.5 Å². The molecule has 16 nitrogen and oxygen atoms in total. The van der Waals surface area contributed by atoms with Crippen molar-refractivity contribution in [1.82, 2.24) is 0 Å². The molecule has 0 aliphatic rings. The van der Waals surface area contributed by atoms with E-state index in [2.05, 4.69) is 130 Å². The van der Waals surface area contributed by atoms with Gasteiger partial charge >= 0.3 is 33.6 Å². The highest BCUT2D eigenvalue weighted by atomic mass is 31.2. The summed E-state index contributed by atoms with van der Waals surface area (Å²) in [6.45, 7) is 2.54. The van der Waals surface area contributed by atoms with E-state index in [1.807, 2.05) is 0 Å². The largest absolute Gasteiger partial charge is 0.472 e. The Morgan fingerprint density at radius 2 is 0.515 bits per heavy atom. The SMILES string of the molecule is CC/C=C\C/C=C\C/C=C\C/C=C\C/C=C\CCCCCC(=O)OCC(COP(=O)(O)OCC(O)COP(=O)(O)OCC(O)COC(=O)CCCCCCCCCCCCCCCCCCC/C=C\C/C=C\C/C=C\C/C=C\CCCCC)OC(=O)CCCCCCCCCCCCCCCCC. The predicted molar refractivity (Wildman–Crippen MR) is 427 cm³/mol. The van der Waals surface area contributed by atoms with E-state index in [0.717, 1.165) is 116 Å². The van der Waals surface area contributed by atoms with E-state index in [0.29, 0.717) is 19.3 Å². The summed E-state index contributed by atoms with van der Waals surface area (Å²) in [5.41, 5.74) is 0. The number of aliphatic hydroxyl groups excluding tert-OH is 2. The Bertz CT molecular complexity index is 2310. The van der Waals surface area contributed by atoms with Crippen LogP contribution >= 0.6 is 15.6 Å². The Balaban J connectivity index is 4.44. The molecule has 5 unspecified atom stereocenters. The third-order valence-corrected chi connectivity index (χ3v) is 19.4. The smallest absolute Gasteiger partial charge is 0.463 e. The highest BCUT2D eigenvalue weighted by Crippen LogP contribution is 2.45. The van der Waals surface area contributed by atoms with Crippen LogP contribution in [0, 0.1) is 0 Å². The molecule has 0 rings (SSSR count). The van der Waals surface area contributed by atoms with Crippen LogP contribution in [0.25, 0.3) is 0 Å². The van der Waals surface area contributed by atoms with Gasteiger partial charge in [0.2, 0.25) is 0 Å². The number of rotatable bonds is 78. The molecule has 0 spiro atoms. The van der Waals surface area contributed by atoms with Gasteiger partial charge in [0.15, 0.2) is 6.10 Å². The fourth-order valence-electron chi connectivity index (χ4n) is 11.2. The van der Waals surface area contributed by atoms with Crippen LogP contribution in [0.4, 0.5) is 0 Å². The number of hydrogen-bond acceptors (Lipinski definition) is 14. The number of carbonyl (C=O) groups excluding carboxylic acids is 3. The predicted octanol–water partition coefficient (Wildman–Crippen LogP) is 24.3. The van der Waals surface area contributed by atoms with Gasteiger partial charge in [-0.2, -0.15) is 0 Å². The van der Waals surface area contributed by atoms with Crippen LogP contribution in [-0.2, 0) is 55.8 Å². The maximum absolute atomic E-state index is 13.0. The fraction of sp³-hybridized carbons (Fsp3) is 0.753. The first kappa shape index (κ1) is 99.2. The van der Waals surface area contributed by atoms with Crippen LogP contribution in [0.15, 0.2) is 109 Å². The lowest BCUT2D eigenvalue weighted by molar-refractivity contribution is -0.161. The molecule has 0 saturated heterocycles. The molecule has 596 valence electrons. The number of aliphatic hydroxyl groups is 2. The summed E-state index contributed by atoms with van der Waals surface area (Å²) >= 11 is 0. The van der Waals surface area contributed by atoms with Crippen LogP contribution < -0.4 is 0 Å². The van der Waals surface area contributed by atoms with Crippen LogP contribution in [0.5, 0.6) is 0 Å². The standard InChI is InChI=1S/C85H150O16P2/c1-4-7-10-13-16-19-22-25-28-30-32-33-34-35-36-37-38-39-40-41-42-43-44-45-47-49-51-53-56-59-62-65-68-71-83(88)95-74-80(86)75-97-102(91,92)98-76-81(87)77-99-103(93,94)100-79-82(101-85(90)73-70-67-64-61-58-55-50-27-24-21-18-15-12-9-6-3)78-96-84(89)72-69-66-63-60-57-54-52-48-46-31-29-26-23-20-17-14-11-8-5-2/h8,11,16-17,19-20,25-26,28-29,32-33,35-36,46,48,54,57,80-82,86-87H,4-7,9-10,12-15,18,21-24,27,30-31,34,37-45,47,49-53,55-56,58-79H2,1-3H3,(H,91,92)(H,93,94)/b11-8-,19-16-,20-17-,28-25-,29-26-,33-32-,36-35-,48-46-,57-54-. The van der Waals surface area contributed by atoms with Gasteiger partial charge in [-0.05, 0) is 109 Å². The molecular weight excluding hydrogens is 1340 g/mol. The number of allylic oxidation sites excluding steroid dienone is 18.